The van der Waals surface area contributed by atoms with Crippen LogP contribution in [-0.4, -0.2) is 24.6 Å². The molecule has 0 saturated carbocycles. The number of imidazole rings is 1. The molecule has 0 amide bonds. The Morgan fingerprint density at radius 2 is 1.63 bits per heavy atom. The molecule has 130 valence electrons. The quantitative estimate of drug-likeness (QED) is 0.498. The number of benzene rings is 2. The standard InChI is InChI=1S/C21H16N6/c1-3-7-15(8-4-1)17-14-24-27-19(26-21-22-11-12-23-21)13-18(25-20(17)27)16-9-5-2-6-10-16/h1-14H,(H2,22,23,26). The van der Waals surface area contributed by atoms with Crippen LogP contribution in [0.1, 0.15) is 0 Å². The normalized spacial score (nSPS) is 11.0. The largest absolute Gasteiger partial charge is 0.331 e. The predicted molar refractivity (Wildman–Crippen MR) is 106 cm³/mol. The number of anilines is 2. The van der Waals surface area contributed by atoms with E-state index >= 15 is 0 Å². The van der Waals surface area contributed by atoms with Gasteiger partial charge >= 0.3 is 0 Å². The van der Waals surface area contributed by atoms with Crippen LogP contribution in [0, 0.1) is 0 Å². The number of aromatic nitrogens is 5. The van der Waals surface area contributed by atoms with Crippen molar-refractivity contribution in [3.63, 3.8) is 0 Å². The van der Waals surface area contributed by atoms with Crippen LogP contribution in [-0.2, 0) is 0 Å². The summed E-state index contributed by atoms with van der Waals surface area (Å²) in [5.41, 5.74) is 4.76. The smallest absolute Gasteiger partial charge is 0.205 e. The van der Waals surface area contributed by atoms with E-state index in [1.165, 1.54) is 0 Å². The molecule has 0 radical (unpaired) electrons. The van der Waals surface area contributed by atoms with Crippen molar-refractivity contribution in [2.45, 2.75) is 0 Å². The van der Waals surface area contributed by atoms with Gasteiger partial charge in [-0.1, -0.05) is 60.7 Å². The van der Waals surface area contributed by atoms with Crippen molar-refractivity contribution in [2.75, 3.05) is 5.32 Å². The van der Waals surface area contributed by atoms with Gasteiger partial charge in [0.2, 0.25) is 5.95 Å². The van der Waals surface area contributed by atoms with E-state index in [-0.39, 0.29) is 0 Å². The Labute approximate surface area is 155 Å². The number of hydrogen-bond donors (Lipinski definition) is 2. The molecular weight excluding hydrogens is 336 g/mol. The van der Waals surface area contributed by atoms with Crippen molar-refractivity contribution in [1.29, 1.82) is 0 Å². The predicted octanol–water partition coefficient (Wildman–Crippen LogP) is 4.53. The molecule has 3 aromatic heterocycles. The number of fused-ring (bicyclic) bond motifs is 1. The molecule has 0 fully saturated rings. The minimum atomic E-state index is 0.651. The summed E-state index contributed by atoms with van der Waals surface area (Å²) in [6.45, 7) is 0. The number of aromatic amines is 1. The average molecular weight is 352 g/mol. The Kier molecular flexibility index (Phi) is 3.65. The van der Waals surface area contributed by atoms with Gasteiger partial charge in [-0.25, -0.2) is 9.97 Å². The number of H-pyrrole nitrogens is 1. The maximum Gasteiger partial charge on any atom is 0.205 e. The SMILES string of the molecule is c1ccc(-c2cc(Nc3ncc[nH]3)n3ncc(-c4ccccc4)c3n2)cc1. The van der Waals surface area contributed by atoms with Crippen molar-refractivity contribution < 1.29 is 0 Å². The van der Waals surface area contributed by atoms with Gasteiger partial charge in [-0.2, -0.15) is 9.61 Å². The second-order valence-electron chi connectivity index (χ2n) is 6.12. The molecule has 0 aliphatic heterocycles. The lowest BCUT2D eigenvalue weighted by Gasteiger charge is -2.10. The van der Waals surface area contributed by atoms with Crippen LogP contribution in [0.15, 0.2) is 85.3 Å². The molecule has 3 heterocycles. The molecule has 27 heavy (non-hydrogen) atoms. The molecule has 6 heteroatoms. The van der Waals surface area contributed by atoms with Gasteiger partial charge in [0.15, 0.2) is 5.65 Å². The van der Waals surface area contributed by atoms with Crippen LogP contribution in [0.4, 0.5) is 11.8 Å². The van der Waals surface area contributed by atoms with Crippen molar-refractivity contribution in [2.24, 2.45) is 0 Å². The molecule has 0 aliphatic carbocycles. The molecule has 6 nitrogen and oxygen atoms in total. The maximum absolute atomic E-state index is 4.90. The first-order valence-electron chi connectivity index (χ1n) is 8.64. The second-order valence-corrected chi connectivity index (χ2v) is 6.12. The highest BCUT2D eigenvalue weighted by Gasteiger charge is 2.14. The highest BCUT2D eigenvalue weighted by molar-refractivity contribution is 5.80. The molecular formula is C21H16N6. The summed E-state index contributed by atoms with van der Waals surface area (Å²) < 4.78 is 1.80. The van der Waals surface area contributed by atoms with Crippen LogP contribution in [0.25, 0.3) is 28.0 Å². The van der Waals surface area contributed by atoms with Crippen LogP contribution >= 0.6 is 0 Å². The Bertz CT molecular complexity index is 1180. The van der Waals surface area contributed by atoms with Gasteiger partial charge in [-0.3, -0.25) is 0 Å². The molecule has 0 spiro atoms. The van der Waals surface area contributed by atoms with Gasteiger partial charge in [-0.15, -0.1) is 0 Å². The molecule has 0 aliphatic rings. The lowest BCUT2D eigenvalue weighted by molar-refractivity contribution is 0.945. The Balaban J connectivity index is 1.73. The van der Waals surface area contributed by atoms with E-state index in [9.17, 15) is 0 Å². The second kappa shape index (κ2) is 6.42. The van der Waals surface area contributed by atoms with Crippen LogP contribution in [0.2, 0.25) is 0 Å². The lowest BCUT2D eigenvalue weighted by atomic mass is 10.1. The van der Waals surface area contributed by atoms with Crippen LogP contribution in [0.3, 0.4) is 0 Å². The first-order valence-corrected chi connectivity index (χ1v) is 8.64. The van der Waals surface area contributed by atoms with E-state index in [2.05, 4.69) is 32.5 Å². The molecule has 0 atom stereocenters. The van der Waals surface area contributed by atoms with Crippen molar-refractivity contribution in [3.8, 4) is 22.4 Å². The minimum Gasteiger partial charge on any atom is -0.331 e. The first kappa shape index (κ1) is 15.3. The summed E-state index contributed by atoms with van der Waals surface area (Å²) in [5.74, 6) is 1.44. The van der Waals surface area contributed by atoms with Crippen molar-refractivity contribution in [1.82, 2.24) is 24.6 Å². The van der Waals surface area contributed by atoms with Gasteiger partial charge in [0.25, 0.3) is 0 Å². The fourth-order valence-corrected chi connectivity index (χ4v) is 3.08. The highest BCUT2D eigenvalue weighted by Crippen LogP contribution is 2.29. The van der Waals surface area contributed by atoms with E-state index < -0.39 is 0 Å². The van der Waals surface area contributed by atoms with E-state index in [0.717, 1.165) is 33.8 Å². The van der Waals surface area contributed by atoms with Gasteiger partial charge in [0.1, 0.15) is 5.82 Å². The lowest BCUT2D eigenvalue weighted by Crippen LogP contribution is -2.03. The zero-order chi connectivity index (χ0) is 18.1. The molecule has 0 bridgehead atoms. The number of nitrogens with one attached hydrogen (secondary N) is 2. The van der Waals surface area contributed by atoms with Crippen LogP contribution < -0.4 is 5.32 Å². The molecule has 5 aromatic rings. The average Bonchev–Trinajstić information content (AvgIpc) is 3.39. The van der Waals surface area contributed by atoms with Crippen molar-refractivity contribution >= 4 is 17.4 Å². The number of nitrogens with zero attached hydrogens (tertiary/aromatic N) is 4. The monoisotopic (exact) mass is 352 g/mol. The fourth-order valence-electron chi connectivity index (χ4n) is 3.08. The number of rotatable bonds is 4. The summed E-state index contributed by atoms with van der Waals surface area (Å²) in [6, 6.07) is 22.3. The third-order valence-electron chi connectivity index (χ3n) is 4.37. The minimum absolute atomic E-state index is 0.651. The Morgan fingerprint density at radius 1 is 0.889 bits per heavy atom. The summed E-state index contributed by atoms with van der Waals surface area (Å²) >= 11 is 0. The first-order chi connectivity index (χ1) is 13.4. The van der Waals surface area contributed by atoms with Gasteiger partial charge in [0, 0.05) is 29.6 Å². The third-order valence-corrected chi connectivity index (χ3v) is 4.37. The van der Waals surface area contributed by atoms with Crippen LogP contribution in [0.5, 0.6) is 0 Å². The van der Waals surface area contributed by atoms with E-state index in [1.54, 1.807) is 16.9 Å². The molecule has 0 unspecified atom stereocenters. The molecule has 0 saturated heterocycles. The van der Waals surface area contributed by atoms with Gasteiger partial charge in [0.05, 0.1) is 11.9 Å². The number of hydrogen-bond acceptors (Lipinski definition) is 4. The Hall–Kier alpha value is -3.93. The fraction of sp³-hybridized carbons (Fsp3) is 0. The summed E-state index contributed by atoms with van der Waals surface area (Å²) in [6.07, 6.45) is 5.33. The summed E-state index contributed by atoms with van der Waals surface area (Å²) in [4.78, 5) is 12.2. The maximum atomic E-state index is 4.90. The zero-order valence-corrected chi connectivity index (χ0v) is 14.4. The molecule has 2 aromatic carbocycles. The highest BCUT2D eigenvalue weighted by atomic mass is 15.3. The Morgan fingerprint density at radius 3 is 2.33 bits per heavy atom. The summed E-state index contributed by atoms with van der Waals surface area (Å²) in [5, 5.41) is 7.86. The summed E-state index contributed by atoms with van der Waals surface area (Å²) in [7, 11) is 0. The van der Waals surface area contributed by atoms with Gasteiger partial charge in [-0.05, 0) is 5.56 Å². The topological polar surface area (TPSA) is 70.9 Å². The third kappa shape index (κ3) is 2.83. The molecule has 5 rings (SSSR count). The van der Waals surface area contributed by atoms with E-state index in [4.69, 9.17) is 4.98 Å². The zero-order valence-electron chi connectivity index (χ0n) is 14.4. The van der Waals surface area contributed by atoms with Gasteiger partial charge < -0.3 is 10.3 Å². The van der Waals surface area contributed by atoms with E-state index in [0.29, 0.717) is 5.95 Å². The molecule has 2 N–H and O–H groups in total. The van der Waals surface area contributed by atoms with Crippen molar-refractivity contribution in [3.05, 3.63) is 85.3 Å². The van der Waals surface area contributed by atoms with E-state index in [1.807, 2.05) is 60.8 Å².